The molecule has 56 valence electrons. The van der Waals surface area contributed by atoms with Gasteiger partial charge in [0.15, 0.2) is 0 Å². The number of aliphatic hydroxyl groups excluding tert-OH is 1. The molecule has 0 saturated heterocycles. The van der Waals surface area contributed by atoms with E-state index in [2.05, 4.69) is 10.2 Å². The minimum atomic E-state index is -0.547. The van der Waals surface area contributed by atoms with E-state index in [-0.39, 0.29) is 19.0 Å². The largest absolute Gasteiger partial charge is 0.392 e. The molecule has 10 heavy (non-hydrogen) atoms. The maximum atomic E-state index is 10.5. The van der Waals surface area contributed by atoms with Gasteiger partial charge in [-0.3, -0.25) is 4.79 Å². The molecule has 0 bridgehead atoms. The third-order valence-corrected chi connectivity index (χ3v) is 0.817. The van der Waals surface area contributed by atoms with Gasteiger partial charge in [-0.05, 0) is 6.92 Å². The predicted octanol–water partition coefficient (Wildman–Crippen LogP) is -0.597. The lowest BCUT2D eigenvalue weighted by atomic mass is 10.4. The number of rotatable bonds is 3. The van der Waals surface area contributed by atoms with Gasteiger partial charge in [0, 0.05) is 6.54 Å². The Morgan fingerprint density at radius 2 is 2.50 bits per heavy atom. The summed E-state index contributed by atoms with van der Waals surface area (Å²) in [6, 6.07) is 0. The summed E-state index contributed by atoms with van der Waals surface area (Å²) in [5.41, 5.74) is 0. The van der Waals surface area contributed by atoms with Crippen LogP contribution in [0, 0.1) is 6.57 Å². The first-order valence-electron chi connectivity index (χ1n) is 2.94. The van der Waals surface area contributed by atoms with E-state index in [1.54, 1.807) is 6.92 Å². The van der Waals surface area contributed by atoms with Crippen LogP contribution in [0.1, 0.15) is 6.92 Å². The molecule has 2 N–H and O–H groups in total. The van der Waals surface area contributed by atoms with E-state index in [0.717, 1.165) is 0 Å². The van der Waals surface area contributed by atoms with Gasteiger partial charge in [-0.25, -0.2) is 6.57 Å². The lowest BCUT2D eigenvalue weighted by molar-refractivity contribution is -0.119. The van der Waals surface area contributed by atoms with Crippen molar-refractivity contribution in [1.29, 1.82) is 0 Å². The van der Waals surface area contributed by atoms with Crippen molar-refractivity contribution in [2.24, 2.45) is 0 Å². The van der Waals surface area contributed by atoms with E-state index in [1.807, 2.05) is 0 Å². The molecule has 0 aliphatic heterocycles. The summed E-state index contributed by atoms with van der Waals surface area (Å²) < 4.78 is 0. The summed E-state index contributed by atoms with van der Waals surface area (Å²) in [7, 11) is 0. The van der Waals surface area contributed by atoms with E-state index >= 15 is 0 Å². The van der Waals surface area contributed by atoms with E-state index in [1.165, 1.54) is 0 Å². The zero-order valence-corrected chi connectivity index (χ0v) is 5.79. The molecule has 0 spiro atoms. The highest BCUT2D eigenvalue weighted by Crippen LogP contribution is 1.75. The first-order chi connectivity index (χ1) is 4.66. The SMILES string of the molecule is [C-]#[N+]CC(=O)NCC(C)O. The predicted molar refractivity (Wildman–Crippen MR) is 36.2 cm³/mol. The highest BCUT2D eigenvalue weighted by atomic mass is 16.3. The molecular weight excluding hydrogens is 132 g/mol. The van der Waals surface area contributed by atoms with E-state index < -0.39 is 6.10 Å². The third kappa shape index (κ3) is 5.06. The molecule has 0 radical (unpaired) electrons. The average Bonchev–Trinajstić information content (AvgIpc) is 1.85. The van der Waals surface area contributed by atoms with Gasteiger partial charge in [0.2, 0.25) is 0 Å². The van der Waals surface area contributed by atoms with Crippen LogP contribution in [0.15, 0.2) is 0 Å². The molecule has 4 heteroatoms. The topological polar surface area (TPSA) is 53.7 Å². The van der Waals surface area contributed by atoms with Crippen LogP contribution in [0.5, 0.6) is 0 Å². The summed E-state index contributed by atoms with van der Waals surface area (Å²) in [6.45, 7) is 7.94. The molecule has 1 unspecified atom stereocenters. The molecule has 1 atom stereocenters. The van der Waals surface area contributed by atoms with Crippen LogP contribution in [0.4, 0.5) is 0 Å². The molecular formula is C6H10N2O2. The van der Waals surface area contributed by atoms with Gasteiger partial charge in [-0.15, -0.1) is 0 Å². The molecule has 0 aromatic rings. The fourth-order valence-corrected chi connectivity index (χ4v) is 0.389. The molecule has 0 aliphatic rings. The Morgan fingerprint density at radius 3 is 2.90 bits per heavy atom. The summed E-state index contributed by atoms with van der Waals surface area (Å²) >= 11 is 0. The summed E-state index contributed by atoms with van der Waals surface area (Å²) in [6.07, 6.45) is -0.547. The number of nitrogens with zero attached hydrogens (tertiary/aromatic N) is 1. The Kier molecular flexibility index (Phi) is 4.25. The maximum Gasteiger partial charge on any atom is 0.300 e. The molecule has 0 aliphatic carbocycles. The fourth-order valence-electron chi connectivity index (χ4n) is 0.389. The van der Waals surface area contributed by atoms with Crippen molar-refractivity contribution in [2.75, 3.05) is 13.1 Å². The van der Waals surface area contributed by atoms with Gasteiger partial charge in [0.25, 0.3) is 12.5 Å². The molecule has 0 heterocycles. The van der Waals surface area contributed by atoms with E-state index in [4.69, 9.17) is 11.7 Å². The van der Waals surface area contributed by atoms with Crippen LogP contribution < -0.4 is 5.32 Å². The van der Waals surface area contributed by atoms with Crippen molar-refractivity contribution >= 4 is 5.91 Å². The molecule has 0 aromatic heterocycles. The second-order valence-electron chi connectivity index (χ2n) is 1.97. The normalized spacial score (nSPS) is 11.7. The number of nitrogens with one attached hydrogen (secondary N) is 1. The summed E-state index contributed by atoms with van der Waals surface area (Å²) in [5.74, 6) is -0.337. The second kappa shape index (κ2) is 4.77. The van der Waals surface area contributed by atoms with Crippen molar-refractivity contribution in [3.63, 3.8) is 0 Å². The number of hydrogen-bond acceptors (Lipinski definition) is 2. The zero-order chi connectivity index (χ0) is 7.98. The van der Waals surface area contributed by atoms with Crippen LogP contribution in [0.25, 0.3) is 4.85 Å². The molecule has 0 saturated carbocycles. The molecule has 1 amide bonds. The Morgan fingerprint density at radius 1 is 1.90 bits per heavy atom. The Hall–Kier alpha value is -1.08. The van der Waals surface area contributed by atoms with Crippen molar-refractivity contribution < 1.29 is 9.90 Å². The highest BCUT2D eigenvalue weighted by Gasteiger charge is 2.03. The minimum Gasteiger partial charge on any atom is -0.392 e. The Bertz CT molecular complexity index is 148. The highest BCUT2D eigenvalue weighted by molar-refractivity contribution is 5.79. The monoisotopic (exact) mass is 142 g/mol. The lowest BCUT2D eigenvalue weighted by Gasteiger charge is -2.02. The minimum absolute atomic E-state index is 0.160. The molecule has 4 nitrogen and oxygen atoms in total. The van der Waals surface area contributed by atoms with Crippen molar-refractivity contribution in [3.8, 4) is 0 Å². The van der Waals surface area contributed by atoms with Gasteiger partial charge in [-0.2, -0.15) is 0 Å². The van der Waals surface area contributed by atoms with Crippen molar-refractivity contribution in [1.82, 2.24) is 5.32 Å². The van der Waals surface area contributed by atoms with Crippen LogP contribution in [-0.2, 0) is 4.79 Å². The van der Waals surface area contributed by atoms with Gasteiger partial charge < -0.3 is 15.3 Å². The Labute approximate surface area is 59.7 Å². The van der Waals surface area contributed by atoms with Crippen molar-refractivity contribution in [2.45, 2.75) is 13.0 Å². The summed E-state index contributed by atoms with van der Waals surface area (Å²) in [4.78, 5) is 13.4. The van der Waals surface area contributed by atoms with Gasteiger partial charge in [0.05, 0.1) is 6.10 Å². The first kappa shape index (κ1) is 8.92. The number of hydrogen-bond donors (Lipinski definition) is 2. The Balaban J connectivity index is 3.33. The van der Waals surface area contributed by atoms with Crippen LogP contribution in [0.3, 0.4) is 0 Å². The number of amides is 1. The third-order valence-electron chi connectivity index (χ3n) is 0.817. The van der Waals surface area contributed by atoms with Crippen LogP contribution >= 0.6 is 0 Å². The number of carbonyl (C=O) groups is 1. The lowest BCUT2D eigenvalue weighted by Crippen LogP contribution is -2.31. The standard InChI is InChI=1S/C6H10N2O2/c1-5(9)3-8-6(10)4-7-2/h5,9H,3-4H2,1H3,(H,8,10). The van der Waals surface area contributed by atoms with Gasteiger partial charge >= 0.3 is 0 Å². The summed E-state index contributed by atoms with van der Waals surface area (Å²) in [5, 5.41) is 11.1. The van der Waals surface area contributed by atoms with Gasteiger partial charge in [0.1, 0.15) is 0 Å². The van der Waals surface area contributed by atoms with Crippen LogP contribution in [-0.4, -0.2) is 30.2 Å². The number of carbonyl (C=O) groups excluding carboxylic acids is 1. The van der Waals surface area contributed by atoms with Gasteiger partial charge in [-0.1, -0.05) is 0 Å². The number of aliphatic hydroxyl groups is 1. The molecule has 0 rings (SSSR count). The van der Waals surface area contributed by atoms with E-state index in [9.17, 15) is 4.79 Å². The zero-order valence-electron chi connectivity index (χ0n) is 5.79. The molecule has 0 aromatic carbocycles. The van der Waals surface area contributed by atoms with Crippen molar-refractivity contribution in [3.05, 3.63) is 11.4 Å². The quantitative estimate of drug-likeness (QED) is 0.517. The molecule has 0 fully saturated rings. The maximum absolute atomic E-state index is 10.5. The first-order valence-corrected chi connectivity index (χ1v) is 2.94. The van der Waals surface area contributed by atoms with Crippen LogP contribution in [0.2, 0.25) is 0 Å². The van der Waals surface area contributed by atoms with E-state index in [0.29, 0.717) is 0 Å². The fraction of sp³-hybridized carbons (Fsp3) is 0.667. The smallest absolute Gasteiger partial charge is 0.300 e. The second-order valence-corrected chi connectivity index (χ2v) is 1.97. The average molecular weight is 142 g/mol.